The van der Waals surface area contributed by atoms with Gasteiger partial charge in [0.2, 0.25) is 5.91 Å². The molecule has 36 heavy (non-hydrogen) atoms. The molecule has 0 saturated heterocycles. The average Bonchev–Trinajstić information content (AvgIpc) is 3.33. The number of nitro groups is 1. The van der Waals surface area contributed by atoms with Crippen LogP contribution in [0.2, 0.25) is 0 Å². The van der Waals surface area contributed by atoms with Crippen LogP contribution in [-0.4, -0.2) is 27.0 Å². The first-order chi connectivity index (χ1) is 17.3. The number of amides is 2. The Labute approximate surface area is 223 Å². The van der Waals surface area contributed by atoms with Crippen LogP contribution in [0.5, 0.6) is 0 Å². The van der Waals surface area contributed by atoms with E-state index >= 15 is 0 Å². The standard InChI is InChI=1S/C25H19BrN4O4S2/c1-15(23(31)29-25-28-22(14-35-25)16-5-9-18(26)10-6-16)36-21-4-2-3-19(13-21)27-24(32)17-7-11-20(12-8-17)30(33)34/h2-15H,1H3,(H,27,32)(H,28,29,31). The van der Waals surface area contributed by atoms with Gasteiger partial charge in [0.05, 0.1) is 15.9 Å². The van der Waals surface area contributed by atoms with Crippen LogP contribution in [-0.2, 0) is 4.79 Å². The summed E-state index contributed by atoms with van der Waals surface area (Å²) in [4.78, 5) is 40.8. The van der Waals surface area contributed by atoms with Gasteiger partial charge < -0.3 is 10.6 Å². The summed E-state index contributed by atoms with van der Waals surface area (Å²) in [7, 11) is 0. The van der Waals surface area contributed by atoms with Crippen molar-refractivity contribution in [2.45, 2.75) is 17.1 Å². The van der Waals surface area contributed by atoms with Gasteiger partial charge in [-0.25, -0.2) is 4.98 Å². The van der Waals surface area contributed by atoms with Crippen molar-refractivity contribution in [1.82, 2.24) is 4.98 Å². The molecule has 0 aliphatic rings. The third kappa shape index (κ3) is 6.56. The van der Waals surface area contributed by atoms with Crippen molar-refractivity contribution in [2.24, 2.45) is 0 Å². The number of nitrogens with zero attached hydrogens (tertiary/aromatic N) is 2. The van der Waals surface area contributed by atoms with E-state index in [0.29, 0.717) is 16.4 Å². The molecular formula is C25H19BrN4O4S2. The minimum absolute atomic E-state index is 0.0838. The Hall–Kier alpha value is -3.54. The second-order valence-electron chi connectivity index (χ2n) is 7.58. The van der Waals surface area contributed by atoms with E-state index in [4.69, 9.17) is 0 Å². The van der Waals surface area contributed by atoms with E-state index < -0.39 is 10.2 Å². The molecule has 0 spiro atoms. The molecule has 11 heteroatoms. The van der Waals surface area contributed by atoms with Crippen LogP contribution in [0.1, 0.15) is 17.3 Å². The van der Waals surface area contributed by atoms with Gasteiger partial charge in [0, 0.05) is 43.7 Å². The normalized spacial score (nSPS) is 11.5. The van der Waals surface area contributed by atoms with E-state index in [1.54, 1.807) is 25.1 Å². The van der Waals surface area contributed by atoms with Crippen molar-refractivity contribution in [3.05, 3.63) is 98.3 Å². The summed E-state index contributed by atoms with van der Waals surface area (Å²) in [5, 5.41) is 18.4. The summed E-state index contributed by atoms with van der Waals surface area (Å²) in [5.74, 6) is -0.569. The first kappa shape index (κ1) is 25.5. The van der Waals surface area contributed by atoms with E-state index in [0.717, 1.165) is 20.6 Å². The quantitative estimate of drug-likeness (QED) is 0.133. The molecule has 4 aromatic rings. The Bertz CT molecular complexity index is 1410. The highest BCUT2D eigenvalue weighted by Gasteiger charge is 2.17. The van der Waals surface area contributed by atoms with Crippen molar-refractivity contribution < 1.29 is 14.5 Å². The molecule has 0 bridgehead atoms. The summed E-state index contributed by atoms with van der Waals surface area (Å²) in [6, 6.07) is 20.3. The second kappa shape index (κ2) is 11.5. The number of non-ortho nitro benzene ring substituents is 1. The molecule has 1 atom stereocenters. The lowest BCUT2D eigenvalue weighted by Gasteiger charge is -2.12. The SMILES string of the molecule is CC(Sc1cccc(NC(=O)c2ccc([N+](=O)[O-])cc2)c1)C(=O)Nc1nc(-c2ccc(Br)cc2)cs1. The molecule has 3 aromatic carbocycles. The van der Waals surface area contributed by atoms with Crippen molar-refractivity contribution >= 4 is 67.3 Å². The predicted molar refractivity (Wildman–Crippen MR) is 147 cm³/mol. The third-order valence-corrected chi connectivity index (χ3v) is 7.37. The fourth-order valence-corrected chi connectivity index (χ4v) is 5.05. The molecule has 0 radical (unpaired) electrons. The van der Waals surface area contributed by atoms with Crippen LogP contribution >= 0.6 is 39.0 Å². The molecule has 0 aliphatic heterocycles. The molecule has 1 aromatic heterocycles. The number of carbonyl (C=O) groups excluding carboxylic acids is 2. The van der Waals surface area contributed by atoms with Gasteiger partial charge in [-0.2, -0.15) is 0 Å². The number of halogens is 1. The smallest absolute Gasteiger partial charge is 0.269 e. The Kier molecular flexibility index (Phi) is 8.14. The van der Waals surface area contributed by atoms with Crippen LogP contribution in [0.15, 0.2) is 87.5 Å². The number of rotatable bonds is 8. The predicted octanol–water partition coefficient (Wildman–Crippen LogP) is 6.85. The van der Waals surface area contributed by atoms with Gasteiger partial charge in [0.1, 0.15) is 0 Å². The lowest BCUT2D eigenvalue weighted by Crippen LogP contribution is -2.22. The molecule has 1 unspecified atom stereocenters. The average molecular weight is 583 g/mol. The zero-order valence-electron chi connectivity index (χ0n) is 18.8. The van der Waals surface area contributed by atoms with Gasteiger partial charge in [-0.15, -0.1) is 23.1 Å². The van der Waals surface area contributed by atoms with Crippen LogP contribution < -0.4 is 10.6 Å². The minimum atomic E-state index is -0.518. The first-order valence-electron chi connectivity index (χ1n) is 10.6. The molecule has 0 fully saturated rings. The van der Waals surface area contributed by atoms with Gasteiger partial charge >= 0.3 is 0 Å². The Morgan fingerprint density at radius 1 is 1.06 bits per heavy atom. The number of aromatic nitrogens is 1. The van der Waals surface area contributed by atoms with Crippen LogP contribution in [0.4, 0.5) is 16.5 Å². The highest BCUT2D eigenvalue weighted by Crippen LogP contribution is 2.29. The Balaban J connectivity index is 1.35. The fourth-order valence-electron chi connectivity index (χ4n) is 3.13. The van der Waals surface area contributed by atoms with Crippen LogP contribution in [0, 0.1) is 10.1 Å². The molecular weight excluding hydrogens is 564 g/mol. The Morgan fingerprint density at radius 3 is 2.47 bits per heavy atom. The number of thioether (sulfide) groups is 1. The number of thiazole rings is 1. The monoisotopic (exact) mass is 582 g/mol. The number of benzene rings is 3. The maximum Gasteiger partial charge on any atom is 0.269 e. The summed E-state index contributed by atoms with van der Waals surface area (Å²) < 4.78 is 0.982. The van der Waals surface area contributed by atoms with Gasteiger partial charge in [0.15, 0.2) is 5.13 Å². The third-order valence-electron chi connectivity index (χ3n) is 4.99. The molecule has 2 amide bonds. The number of nitro benzene ring substituents is 1. The molecule has 182 valence electrons. The summed E-state index contributed by atoms with van der Waals surface area (Å²) in [5.41, 5.74) is 2.52. The molecule has 4 rings (SSSR count). The van der Waals surface area contributed by atoms with Gasteiger partial charge in [-0.05, 0) is 49.4 Å². The largest absolute Gasteiger partial charge is 0.322 e. The lowest BCUT2D eigenvalue weighted by atomic mass is 10.2. The van der Waals surface area contributed by atoms with E-state index in [1.807, 2.05) is 35.7 Å². The van der Waals surface area contributed by atoms with E-state index in [9.17, 15) is 19.7 Å². The van der Waals surface area contributed by atoms with Crippen LogP contribution in [0.25, 0.3) is 11.3 Å². The zero-order chi connectivity index (χ0) is 25.7. The van der Waals surface area contributed by atoms with Crippen molar-refractivity contribution in [1.29, 1.82) is 0 Å². The second-order valence-corrected chi connectivity index (χ2v) is 10.8. The van der Waals surface area contributed by atoms with Crippen LogP contribution in [0.3, 0.4) is 0 Å². The molecule has 1 heterocycles. The lowest BCUT2D eigenvalue weighted by molar-refractivity contribution is -0.384. The summed E-state index contributed by atoms with van der Waals surface area (Å²) in [6.45, 7) is 1.80. The fraction of sp³-hybridized carbons (Fsp3) is 0.0800. The van der Waals surface area contributed by atoms with Crippen molar-refractivity contribution in [3.8, 4) is 11.3 Å². The Morgan fingerprint density at radius 2 is 1.78 bits per heavy atom. The molecule has 0 saturated carbocycles. The topological polar surface area (TPSA) is 114 Å². The number of carbonyl (C=O) groups is 2. The van der Waals surface area contributed by atoms with E-state index in [1.165, 1.54) is 47.4 Å². The van der Waals surface area contributed by atoms with Gasteiger partial charge in [-0.1, -0.05) is 34.1 Å². The summed E-state index contributed by atoms with van der Waals surface area (Å²) in [6.07, 6.45) is 0. The summed E-state index contributed by atoms with van der Waals surface area (Å²) >= 11 is 6.13. The van der Waals surface area contributed by atoms with E-state index in [2.05, 4.69) is 31.5 Å². The number of hydrogen-bond acceptors (Lipinski definition) is 7. The molecule has 2 N–H and O–H groups in total. The minimum Gasteiger partial charge on any atom is -0.322 e. The highest BCUT2D eigenvalue weighted by molar-refractivity contribution is 9.10. The molecule has 0 aliphatic carbocycles. The maximum atomic E-state index is 12.7. The van der Waals surface area contributed by atoms with Gasteiger partial charge in [0.25, 0.3) is 11.6 Å². The van der Waals surface area contributed by atoms with Crippen molar-refractivity contribution in [2.75, 3.05) is 10.6 Å². The number of anilines is 2. The van der Waals surface area contributed by atoms with E-state index in [-0.39, 0.29) is 17.5 Å². The highest BCUT2D eigenvalue weighted by atomic mass is 79.9. The van der Waals surface area contributed by atoms with Gasteiger partial charge in [-0.3, -0.25) is 19.7 Å². The molecule has 8 nitrogen and oxygen atoms in total. The first-order valence-corrected chi connectivity index (χ1v) is 13.2. The number of hydrogen-bond donors (Lipinski definition) is 2. The van der Waals surface area contributed by atoms with Crippen molar-refractivity contribution in [3.63, 3.8) is 0 Å². The maximum absolute atomic E-state index is 12.7. The zero-order valence-corrected chi connectivity index (χ0v) is 22.0. The number of nitrogens with one attached hydrogen (secondary N) is 2.